The molecule has 0 radical (unpaired) electrons. The largest absolute Gasteiger partial charge is 0.278 e. The first-order chi connectivity index (χ1) is 11.7. The minimum atomic E-state index is 0.133. The number of rotatable bonds is 12. The number of carbonyl (C=O) groups excluding carboxylic acids is 1. The molecule has 0 aromatic carbocycles. The lowest BCUT2D eigenvalue weighted by atomic mass is 10.0. The zero-order chi connectivity index (χ0) is 17.8. The summed E-state index contributed by atoms with van der Waals surface area (Å²) in [6.07, 6.45) is 14.2. The molecule has 4 nitrogen and oxygen atoms in total. The third-order valence-corrected chi connectivity index (χ3v) is 4.44. The molecule has 24 heavy (non-hydrogen) atoms. The first kappa shape index (κ1) is 20.6. The van der Waals surface area contributed by atoms with E-state index in [0.29, 0.717) is 12.4 Å². The van der Waals surface area contributed by atoms with Gasteiger partial charge in [-0.25, -0.2) is 9.97 Å². The number of carbonyl (C=O) groups is 1. The lowest BCUT2D eigenvalue weighted by molar-refractivity contribution is -0.119. The van der Waals surface area contributed by atoms with Crippen molar-refractivity contribution in [2.24, 2.45) is 0 Å². The van der Waals surface area contributed by atoms with E-state index in [2.05, 4.69) is 30.7 Å². The molecule has 1 aromatic heterocycles. The van der Waals surface area contributed by atoms with Crippen molar-refractivity contribution < 1.29 is 4.79 Å². The quantitative estimate of drug-likeness (QED) is 0.520. The van der Waals surface area contributed by atoms with Crippen LogP contribution in [0.25, 0.3) is 0 Å². The van der Waals surface area contributed by atoms with E-state index in [1.165, 1.54) is 0 Å². The second-order valence-electron chi connectivity index (χ2n) is 6.55. The van der Waals surface area contributed by atoms with Crippen LogP contribution < -0.4 is 4.90 Å². The normalized spacial score (nSPS) is 11.0. The summed E-state index contributed by atoms with van der Waals surface area (Å²) in [5.41, 5.74) is 1.16. The summed E-state index contributed by atoms with van der Waals surface area (Å²) < 4.78 is 0. The van der Waals surface area contributed by atoms with Crippen LogP contribution in [-0.4, -0.2) is 21.9 Å². The summed E-state index contributed by atoms with van der Waals surface area (Å²) >= 11 is 0. The Morgan fingerprint density at radius 1 is 0.958 bits per heavy atom. The summed E-state index contributed by atoms with van der Waals surface area (Å²) in [6, 6.07) is 0.221. The molecule has 1 aromatic rings. The van der Waals surface area contributed by atoms with Gasteiger partial charge in [0.15, 0.2) is 0 Å². The summed E-state index contributed by atoms with van der Waals surface area (Å²) in [5.74, 6) is 0.716. The molecule has 0 fully saturated rings. The van der Waals surface area contributed by atoms with Crippen LogP contribution in [0.15, 0.2) is 12.4 Å². The Morgan fingerprint density at radius 3 is 1.96 bits per heavy atom. The minimum Gasteiger partial charge on any atom is -0.278 e. The van der Waals surface area contributed by atoms with Crippen molar-refractivity contribution in [3.63, 3.8) is 0 Å². The molecule has 0 aliphatic heterocycles. The SMILES string of the molecule is CCCCc1cnc(N(C(=O)CC)C(CCCC)CCCC)nc1. The molecule has 0 atom stereocenters. The number of hydrogen-bond donors (Lipinski definition) is 0. The summed E-state index contributed by atoms with van der Waals surface area (Å²) in [5, 5.41) is 0. The van der Waals surface area contributed by atoms with E-state index in [-0.39, 0.29) is 11.9 Å². The van der Waals surface area contributed by atoms with E-state index in [9.17, 15) is 4.79 Å². The van der Waals surface area contributed by atoms with E-state index >= 15 is 0 Å². The summed E-state index contributed by atoms with van der Waals surface area (Å²) in [6.45, 7) is 8.49. The second-order valence-corrected chi connectivity index (χ2v) is 6.55. The van der Waals surface area contributed by atoms with Crippen molar-refractivity contribution in [3.05, 3.63) is 18.0 Å². The fourth-order valence-corrected chi connectivity index (χ4v) is 2.91. The van der Waals surface area contributed by atoms with E-state index in [4.69, 9.17) is 0 Å². The van der Waals surface area contributed by atoms with Gasteiger partial charge >= 0.3 is 0 Å². The number of aromatic nitrogens is 2. The maximum atomic E-state index is 12.6. The smallest absolute Gasteiger partial charge is 0.232 e. The minimum absolute atomic E-state index is 0.133. The highest BCUT2D eigenvalue weighted by Crippen LogP contribution is 2.21. The molecular formula is C20H35N3O. The molecule has 4 heteroatoms. The Hall–Kier alpha value is -1.45. The van der Waals surface area contributed by atoms with Crippen molar-refractivity contribution in [1.82, 2.24) is 9.97 Å². The third kappa shape index (κ3) is 6.58. The number of hydrogen-bond acceptors (Lipinski definition) is 3. The Balaban J connectivity index is 2.97. The predicted molar refractivity (Wildman–Crippen MR) is 101 cm³/mol. The van der Waals surface area contributed by atoms with Crippen molar-refractivity contribution >= 4 is 11.9 Å². The van der Waals surface area contributed by atoms with E-state index in [0.717, 1.165) is 63.4 Å². The van der Waals surface area contributed by atoms with Gasteiger partial charge in [0.25, 0.3) is 0 Å². The standard InChI is InChI=1S/C20H35N3O/c1-5-9-12-17-15-21-20(22-16-17)23(19(24)8-4)18(13-10-6-2)14-11-7-3/h15-16,18H,5-14H2,1-4H3. The second kappa shape index (κ2) is 12.0. The van der Waals surface area contributed by atoms with Crippen LogP contribution in [0.2, 0.25) is 0 Å². The monoisotopic (exact) mass is 333 g/mol. The number of aryl methyl sites for hydroxylation is 1. The van der Waals surface area contributed by atoms with Gasteiger partial charge in [0.2, 0.25) is 11.9 Å². The molecule has 0 aliphatic rings. The molecule has 0 N–H and O–H groups in total. The van der Waals surface area contributed by atoms with Gasteiger partial charge in [-0.15, -0.1) is 0 Å². The van der Waals surface area contributed by atoms with Gasteiger partial charge in [-0.2, -0.15) is 0 Å². The number of nitrogens with zero attached hydrogens (tertiary/aromatic N) is 3. The van der Waals surface area contributed by atoms with Crippen LogP contribution in [0.3, 0.4) is 0 Å². The van der Waals surface area contributed by atoms with Gasteiger partial charge < -0.3 is 0 Å². The predicted octanol–water partition coefficient (Wildman–Crippen LogP) is 5.31. The maximum Gasteiger partial charge on any atom is 0.232 e. The zero-order valence-electron chi connectivity index (χ0n) is 16.1. The molecule has 0 spiro atoms. The van der Waals surface area contributed by atoms with Crippen LogP contribution in [0.5, 0.6) is 0 Å². The van der Waals surface area contributed by atoms with Crippen LogP contribution in [0.1, 0.15) is 91.0 Å². The molecule has 0 aliphatic carbocycles. The first-order valence-electron chi connectivity index (χ1n) is 9.80. The average molecular weight is 334 g/mol. The van der Waals surface area contributed by atoms with Gasteiger partial charge in [0.05, 0.1) is 0 Å². The fourth-order valence-electron chi connectivity index (χ4n) is 2.91. The van der Waals surface area contributed by atoms with Gasteiger partial charge in [0.1, 0.15) is 0 Å². The Morgan fingerprint density at radius 2 is 1.50 bits per heavy atom. The van der Waals surface area contributed by atoms with Crippen LogP contribution in [0, 0.1) is 0 Å². The average Bonchev–Trinajstić information content (AvgIpc) is 2.62. The summed E-state index contributed by atoms with van der Waals surface area (Å²) in [7, 11) is 0. The third-order valence-electron chi connectivity index (χ3n) is 4.44. The number of anilines is 1. The topological polar surface area (TPSA) is 46.1 Å². The van der Waals surface area contributed by atoms with Crippen molar-refractivity contribution in [2.45, 2.75) is 97.9 Å². The molecule has 1 rings (SSSR count). The lowest BCUT2D eigenvalue weighted by Crippen LogP contribution is -2.41. The number of unbranched alkanes of at least 4 members (excludes halogenated alkanes) is 3. The molecule has 0 bridgehead atoms. The van der Waals surface area contributed by atoms with Gasteiger partial charge in [-0.1, -0.05) is 59.8 Å². The van der Waals surface area contributed by atoms with E-state index in [1.807, 2.05) is 24.2 Å². The molecule has 0 saturated heterocycles. The fraction of sp³-hybridized carbons (Fsp3) is 0.750. The van der Waals surface area contributed by atoms with E-state index in [1.54, 1.807) is 0 Å². The molecule has 0 saturated carbocycles. The van der Waals surface area contributed by atoms with Crippen LogP contribution in [-0.2, 0) is 11.2 Å². The molecule has 1 heterocycles. The maximum absolute atomic E-state index is 12.6. The van der Waals surface area contributed by atoms with Crippen molar-refractivity contribution in [1.29, 1.82) is 0 Å². The lowest BCUT2D eigenvalue weighted by Gasteiger charge is -2.30. The van der Waals surface area contributed by atoms with Crippen molar-refractivity contribution in [3.8, 4) is 0 Å². The zero-order valence-corrected chi connectivity index (χ0v) is 16.1. The van der Waals surface area contributed by atoms with Gasteiger partial charge in [0, 0.05) is 24.9 Å². The van der Waals surface area contributed by atoms with Crippen LogP contribution in [0.4, 0.5) is 5.95 Å². The Kier molecular flexibility index (Phi) is 10.3. The Labute approximate surface area is 148 Å². The first-order valence-corrected chi connectivity index (χ1v) is 9.80. The molecule has 0 unspecified atom stereocenters. The molecule has 136 valence electrons. The molecular weight excluding hydrogens is 298 g/mol. The highest BCUT2D eigenvalue weighted by molar-refractivity contribution is 5.91. The highest BCUT2D eigenvalue weighted by Gasteiger charge is 2.25. The van der Waals surface area contributed by atoms with E-state index < -0.39 is 0 Å². The van der Waals surface area contributed by atoms with Gasteiger partial charge in [-0.05, 0) is 31.2 Å². The van der Waals surface area contributed by atoms with Gasteiger partial charge in [-0.3, -0.25) is 9.69 Å². The molecule has 1 amide bonds. The van der Waals surface area contributed by atoms with Crippen LogP contribution >= 0.6 is 0 Å². The summed E-state index contributed by atoms with van der Waals surface area (Å²) in [4.78, 5) is 23.5. The van der Waals surface area contributed by atoms with Crippen molar-refractivity contribution in [2.75, 3.05) is 4.90 Å². The Bertz CT molecular complexity index is 450. The number of amides is 1. The highest BCUT2D eigenvalue weighted by atomic mass is 16.2.